The van der Waals surface area contributed by atoms with E-state index in [1.54, 1.807) is 19.4 Å². The van der Waals surface area contributed by atoms with E-state index >= 15 is 0 Å². The lowest BCUT2D eigenvalue weighted by atomic mass is 9.79. The summed E-state index contributed by atoms with van der Waals surface area (Å²) in [5.41, 5.74) is 2.20. The maximum atomic E-state index is 14.1. The van der Waals surface area contributed by atoms with Gasteiger partial charge in [0.2, 0.25) is 5.91 Å². The number of hydrogen-bond acceptors (Lipinski definition) is 8. The minimum Gasteiger partial charge on any atom is -0.497 e. The summed E-state index contributed by atoms with van der Waals surface area (Å²) in [5, 5.41) is 12.1. The van der Waals surface area contributed by atoms with E-state index in [0.717, 1.165) is 48.0 Å². The van der Waals surface area contributed by atoms with Crippen LogP contribution in [0.1, 0.15) is 42.3 Å². The quantitative estimate of drug-likeness (QED) is 0.269. The molecule has 0 saturated carbocycles. The van der Waals surface area contributed by atoms with E-state index in [4.69, 9.17) is 4.74 Å². The Labute approximate surface area is 279 Å². The lowest BCUT2D eigenvalue weighted by Gasteiger charge is -2.43. The first kappa shape index (κ1) is 31.7. The van der Waals surface area contributed by atoms with E-state index in [1.807, 2.05) is 71.1 Å². The maximum Gasteiger partial charge on any atom is 0.262 e. The summed E-state index contributed by atoms with van der Waals surface area (Å²) < 4.78 is 8.62. The summed E-state index contributed by atoms with van der Waals surface area (Å²) in [6, 6.07) is 21.5. The van der Waals surface area contributed by atoms with Gasteiger partial charge in [-0.05, 0) is 74.7 Å². The van der Waals surface area contributed by atoms with Gasteiger partial charge < -0.3 is 19.3 Å². The molecular formula is C37H41N7O4. The number of ether oxygens (including phenoxy) is 1. The summed E-state index contributed by atoms with van der Waals surface area (Å²) in [6.45, 7) is 5.14. The van der Waals surface area contributed by atoms with Crippen molar-refractivity contribution in [2.75, 3.05) is 33.3 Å². The van der Waals surface area contributed by atoms with E-state index in [9.17, 15) is 14.7 Å². The monoisotopic (exact) mass is 647 g/mol. The van der Waals surface area contributed by atoms with E-state index in [-0.39, 0.29) is 29.8 Å². The zero-order valence-electron chi connectivity index (χ0n) is 27.4. The molecule has 48 heavy (non-hydrogen) atoms. The lowest BCUT2D eigenvalue weighted by molar-refractivity contribution is -0.142. The Bertz CT molecular complexity index is 1950. The van der Waals surface area contributed by atoms with Crippen LogP contribution in [0.2, 0.25) is 0 Å². The fourth-order valence-electron chi connectivity index (χ4n) is 7.24. The molecule has 248 valence electrons. The largest absolute Gasteiger partial charge is 0.497 e. The molecular weight excluding hydrogens is 606 g/mol. The molecule has 0 aliphatic carbocycles. The van der Waals surface area contributed by atoms with Gasteiger partial charge in [0.15, 0.2) is 5.65 Å². The molecule has 0 spiro atoms. The first-order valence-electron chi connectivity index (χ1n) is 16.6. The summed E-state index contributed by atoms with van der Waals surface area (Å²) in [4.78, 5) is 45.5. The third-order valence-electron chi connectivity index (χ3n) is 9.94. The molecule has 2 aromatic carbocycles. The second-order valence-corrected chi connectivity index (χ2v) is 13.1. The van der Waals surface area contributed by atoms with Crippen LogP contribution < -0.4 is 10.3 Å². The van der Waals surface area contributed by atoms with E-state index < -0.39 is 5.60 Å². The third-order valence-corrected chi connectivity index (χ3v) is 9.94. The Morgan fingerprint density at radius 1 is 1.00 bits per heavy atom. The van der Waals surface area contributed by atoms with E-state index in [1.165, 1.54) is 10.9 Å². The fraction of sp³-hybridized carbons (Fsp3) is 0.378. The molecule has 0 bridgehead atoms. The van der Waals surface area contributed by atoms with Crippen LogP contribution in [0, 0.1) is 12.8 Å². The highest BCUT2D eigenvalue weighted by atomic mass is 16.5. The summed E-state index contributed by atoms with van der Waals surface area (Å²) in [6.07, 6.45) is 6.65. The van der Waals surface area contributed by atoms with E-state index in [2.05, 4.69) is 32.0 Å². The number of benzene rings is 2. The van der Waals surface area contributed by atoms with Crippen molar-refractivity contribution in [2.24, 2.45) is 5.92 Å². The maximum absolute atomic E-state index is 14.1. The molecule has 0 radical (unpaired) electrons. The Balaban J connectivity index is 1.02. The van der Waals surface area contributed by atoms with Crippen molar-refractivity contribution >= 4 is 16.9 Å². The lowest BCUT2D eigenvalue weighted by Crippen LogP contribution is -2.53. The summed E-state index contributed by atoms with van der Waals surface area (Å²) in [5.74, 6) is 1.57. The second-order valence-electron chi connectivity index (χ2n) is 13.1. The number of carbonyl (C=O) groups is 1. The number of amides is 1. The highest BCUT2D eigenvalue weighted by molar-refractivity contribution is 5.80. The minimum absolute atomic E-state index is 0.0414. The molecule has 3 aromatic heterocycles. The van der Waals surface area contributed by atoms with Gasteiger partial charge in [0.05, 0.1) is 31.2 Å². The Kier molecular flexibility index (Phi) is 8.81. The van der Waals surface area contributed by atoms with Crippen molar-refractivity contribution in [3.8, 4) is 11.4 Å². The van der Waals surface area contributed by atoms with Gasteiger partial charge >= 0.3 is 0 Å². The minimum atomic E-state index is -1.12. The molecule has 1 N–H and O–H groups in total. The normalized spacial score (nSPS) is 19.8. The first-order valence-corrected chi connectivity index (χ1v) is 16.6. The molecule has 2 aliphatic heterocycles. The predicted molar refractivity (Wildman–Crippen MR) is 182 cm³/mol. The van der Waals surface area contributed by atoms with Crippen LogP contribution in [0.3, 0.4) is 0 Å². The van der Waals surface area contributed by atoms with Crippen LogP contribution >= 0.6 is 0 Å². The van der Waals surface area contributed by atoms with Gasteiger partial charge in [-0.3, -0.25) is 19.1 Å². The average Bonchev–Trinajstić information content (AvgIpc) is 3.55. The molecule has 5 heterocycles. The van der Waals surface area contributed by atoms with Gasteiger partial charge in [-0.2, -0.15) is 0 Å². The molecule has 1 amide bonds. The van der Waals surface area contributed by atoms with Gasteiger partial charge in [-0.1, -0.05) is 30.3 Å². The van der Waals surface area contributed by atoms with Crippen molar-refractivity contribution < 1.29 is 14.6 Å². The van der Waals surface area contributed by atoms with Crippen LogP contribution in [0.25, 0.3) is 16.7 Å². The number of methoxy groups -OCH3 is 1. The Hall–Kier alpha value is -4.87. The number of aromatic nitrogens is 5. The molecule has 2 atom stereocenters. The molecule has 11 nitrogen and oxygen atoms in total. The van der Waals surface area contributed by atoms with Crippen LogP contribution in [-0.4, -0.2) is 83.8 Å². The molecule has 2 aliphatic rings. The third kappa shape index (κ3) is 6.48. The zero-order valence-corrected chi connectivity index (χ0v) is 27.4. The number of hydrogen-bond donors (Lipinski definition) is 1. The van der Waals surface area contributed by atoms with Gasteiger partial charge in [0.25, 0.3) is 5.56 Å². The second kappa shape index (κ2) is 13.3. The number of fused-ring (bicyclic) bond motifs is 1. The zero-order chi connectivity index (χ0) is 33.3. The van der Waals surface area contributed by atoms with Gasteiger partial charge in [0.1, 0.15) is 17.9 Å². The SMILES string of the molecule is COc1ccc(-n2ccc3c(=O)n(CC4(O)CCN(C(=O)[C@@H]5CCN(Cc6nccc(C)n6)C[C@H]5c5ccccc5)CC4)cnc32)cc1. The molecule has 2 fully saturated rings. The van der Waals surface area contributed by atoms with Gasteiger partial charge in [-0.15, -0.1) is 0 Å². The summed E-state index contributed by atoms with van der Waals surface area (Å²) >= 11 is 0. The smallest absolute Gasteiger partial charge is 0.262 e. The number of rotatable bonds is 8. The topological polar surface area (TPSA) is 119 Å². The van der Waals surface area contributed by atoms with Crippen LogP contribution in [0.15, 0.2) is 90.2 Å². The Morgan fingerprint density at radius 2 is 1.77 bits per heavy atom. The van der Waals surface area contributed by atoms with Crippen LogP contribution in [0.4, 0.5) is 0 Å². The molecule has 0 unspecified atom stereocenters. The van der Waals surface area contributed by atoms with Crippen LogP contribution in [0.5, 0.6) is 5.75 Å². The number of carbonyl (C=O) groups excluding carboxylic acids is 1. The fourth-order valence-corrected chi connectivity index (χ4v) is 7.24. The van der Waals surface area contributed by atoms with Crippen molar-refractivity contribution in [2.45, 2.75) is 50.8 Å². The predicted octanol–water partition coefficient (Wildman–Crippen LogP) is 3.95. The van der Waals surface area contributed by atoms with Crippen molar-refractivity contribution in [1.82, 2.24) is 33.9 Å². The molecule has 2 saturated heterocycles. The van der Waals surface area contributed by atoms with Gasteiger partial charge in [-0.25, -0.2) is 15.0 Å². The molecule has 5 aromatic rings. The summed E-state index contributed by atoms with van der Waals surface area (Å²) in [7, 11) is 1.62. The van der Waals surface area contributed by atoms with Crippen molar-refractivity contribution in [1.29, 1.82) is 0 Å². The van der Waals surface area contributed by atoms with Crippen LogP contribution in [-0.2, 0) is 17.9 Å². The number of aliphatic hydroxyl groups is 1. The standard InChI is InChI=1S/C37H41N7O4/c1-26-12-17-38-33(40-26)23-41-18-13-30(32(22-41)27-6-4-3-5-7-27)35(45)42-20-15-37(47,16-21-42)24-43-25-39-34-31(36(43)46)14-19-44(34)28-8-10-29(48-2)11-9-28/h3-12,14,17,19,25,30,32,47H,13,15-16,18,20-24H2,1-2H3/t30-,32+/m1/s1. The first-order chi connectivity index (χ1) is 23.3. The highest BCUT2D eigenvalue weighted by Crippen LogP contribution is 2.36. The Morgan fingerprint density at radius 3 is 2.50 bits per heavy atom. The molecule has 11 heteroatoms. The highest BCUT2D eigenvalue weighted by Gasteiger charge is 2.41. The number of aryl methyl sites for hydroxylation is 1. The van der Waals surface area contributed by atoms with E-state index in [0.29, 0.717) is 43.5 Å². The number of nitrogens with zero attached hydrogens (tertiary/aromatic N) is 7. The number of piperidine rings is 2. The average molecular weight is 648 g/mol. The van der Waals surface area contributed by atoms with Crippen molar-refractivity contribution in [3.63, 3.8) is 0 Å². The molecule has 7 rings (SSSR count). The van der Waals surface area contributed by atoms with Gasteiger partial charge in [0, 0.05) is 55.2 Å². The number of likely N-dealkylation sites (tertiary alicyclic amines) is 2. The van der Waals surface area contributed by atoms with Crippen molar-refractivity contribution in [3.05, 3.63) is 113 Å².